The molecule has 0 bridgehead atoms. The van der Waals surface area contributed by atoms with Crippen molar-refractivity contribution in [3.05, 3.63) is 12.2 Å². The Morgan fingerprint density at radius 1 is 1.47 bits per heavy atom. The average molecular weight is 290 g/mol. The lowest BCUT2D eigenvalue weighted by Crippen LogP contribution is -2.24. The zero-order valence-electron chi connectivity index (χ0n) is 9.03. The summed E-state index contributed by atoms with van der Waals surface area (Å²) in [5.41, 5.74) is 0.173. The molecule has 0 heterocycles. The molecule has 0 atom stereocenters. The van der Waals surface area contributed by atoms with Gasteiger partial charge in [0.05, 0.1) is 17.1 Å². The quantitative estimate of drug-likeness (QED) is 0.192. The lowest BCUT2D eigenvalue weighted by atomic mass is 10.4. The maximum Gasteiger partial charge on any atom is 0.410 e. The molecule has 0 spiro atoms. The second kappa shape index (κ2) is 6.21. The van der Waals surface area contributed by atoms with Gasteiger partial charge in [-0.1, -0.05) is 6.58 Å². The summed E-state index contributed by atoms with van der Waals surface area (Å²) in [5, 5.41) is 0. The van der Waals surface area contributed by atoms with Crippen LogP contribution in [-0.2, 0) is 34.1 Å². The van der Waals surface area contributed by atoms with Crippen molar-refractivity contribution in [3.8, 4) is 0 Å². The topological polar surface area (TPSA) is 127 Å². The van der Waals surface area contributed by atoms with Gasteiger partial charge in [0.2, 0.25) is 0 Å². The first-order valence-electron chi connectivity index (χ1n) is 4.36. The van der Waals surface area contributed by atoms with E-state index < -0.39 is 32.6 Å². The first kappa shape index (κ1) is 16.2. The maximum absolute atomic E-state index is 11.0. The van der Waals surface area contributed by atoms with Crippen LogP contribution in [0.1, 0.15) is 13.3 Å². The van der Waals surface area contributed by atoms with Gasteiger partial charge in [-0.15, -0.1) is 0 Å². The molecule has 0 aliphatic heterocycles. The Bertz CT molecular complexity index is 437. The van der Waals surface area contributed by atoms with Crippen LogP contribution >= 0.6 is 0 Å². The van der Waals surface area contributed by atoms with Gasteiger partial charge in [-0.2, -0.15) is 12.0 Å². The zero-order valence-corrected chi connectivity index (χ0v) is 10.7. The number of hydrogen-bond donors (Lipinski definition) is 3. The third kappa shape index (κ3) is 8.94. The summed E-state index contributed by atoms with van der Waals surface area (Å²) in [6.45, 7) is 4.56. The molecule has 8 nitrogen and oxygen atoms in total. The van der Waals surface area contributed by atoms with E-state index in [1.165, 1.54) is 6.92 Å². The van der Waals surface area contributed by atoms with Crippen molar-refractivity contribution < 1.29 is 34.9 Å². The highest BCUT2D eigenvalue weighted by Crippen LogP contribution is 2.07. The molecule has 0 rings (SSSR count). The summed E-state index contributed by atoms with van der Waals surface area (Å²) in [7, 11) is -9.43. The molecule has 17 heavy (non-hydrogen) atoms. The third-order valence-corrected chi connectivity index (χ3v) is 3.94. The number of carbonyl (C=O) groups excluding carboxylic acids is 1. The van der Waals surface area contributed by atoms with Crippen LogP contribution in [0.4, 0.5) is 0 Å². The average Bonchev–Trinajstić information content (AvgIpc) is 2.07. The Hall–Kier alpha value is -0.810. The molecule has 0 saturated carbocycles. The predicted octanol–water partition coefficient (Wildman–Crippen LogP) is -0.280. The molecule has 2 N–H and O–H groups in total. The monoisotopic (exact) mass is 290 g/mol. The molecule has 0 radical (unpaired) electrons. The van der Waals surface area contributed by atoms with Gasteiger partial charge in [-0.05, 0) is 13.3 Å². The number of rotatable bonds is 7. The summed E-state index contributed by atoms with van der Waals surface area (Å²) in [4.78, 5) is 10.9. The van der Waals surface area contributed by atoms with E-state index in [0.29, 0.717) is 0 Å². The van der Waals surface area contributed by atoms with E-state index in [9.17, 15) is 17.4 Å². The van der Waals surface area contributed by atoms with Crippen molar-refractivity contribution in [2.24, 2.45) is 0 Å². The minimum atomic E-state index is -4.98. The number of ether oxygens (including phenoxy) is 1. The maximum atomic E-state index is 11.0. The molecule has 102 valence electrons. The zero-order chi connectivity index (χ0) is 13.7. The standard InChI is InChI=1S/C7H14O8S2/c1-6(2)7(8)14-4-3-5-16(9,10)15-17(11,12)13/h16H,1,3-5H2,2H3,(H,9,10)(H,11,12,13). The van der Waals surface area contributed by atoms with Crippen LogP contribution < -0.4 is 0 Å². The molecule has 10 heteroatoms. The number of hydrogen-bond acceptors (Lipinski definition) is 6. The van der Waals surface area contributed by atoms with Crippen molar-refractivity contribution in [3.63, 3.8) is 0 Å². The smallest absolute Gasteiger partial charge is 0.410 e. The fourth-order valence-electron chi connectivity index (χ4n) is 0.737. The molecular formula is C7H14O8S2. The summed E-state index contributed by atoms with van der Waals surface area (Å²) >= 11 is 0. The van der Waals surface area contributed by atoms with Crippen molar-refractivity contribution >= 4 is 26.9 Å². The van der Waals surface area contributed by atoms with E-state index in [1.807, 2.05) is 0 Å². The molecular weight excluding hydrogens is 276 g/mol. The van der Waals surface area contributed by atoms with Crippen LogP contribution in [0.5, 0.6) is 0 Å². The van der Waals surface area contributed by atoms with Crippen LogP contribution in [0, 0.1) is 0 Å². The highest BCUT2D eigenvalue weighted by atomic mass is 32.3. The molecule has 0 amide bonds. The molecule has 0 fully saturated rings. The summed E-state index contributed by atoms with van der Waals surface area (Å²) in [6.07, 6.45) is -0.0949. The third-order valence-electron chi connectivity index (χ3n) is 1.38. The Kier molecular flexibility index (Phi) is 5.92. The van der Waals surface area contributed by atoms with Crippen molar-refractivity contribution in [1.29, 1.82) is 0 Å². The Morgan fingerprint density at radius 3 is 2.41 bits per heavy atom. The summed E-state index contributed by atoms with van der Waals surface area (Å²) in [5.74, 6) is -1.23. The van der Waals surface area contributed by atoms with Crippen LogP contribution in [0.3, 0.4) is 0 Å². The second-order valence-electron chi connectivity index (χ2n) is 3.13. The Balaban J connectivity index is 4.01. The van der Waals surface area contributed by atoms with Gasteiger partial charge in [0.15, 0.2) is 0 Å². The van der Waals surface area contributed by atoms with Crippen LogP contribution in [0.25, 0.3) is 0 Å². The molecule has 0 aliphatic rings. The molecule has 0 aromatic carbocycles. The second-order valence-corrected chi connectivity index (χ2v) is 6.31. The van der Waals surface area contributed by atoms with Gasteiger partial charge in [0, 0.05) is 11.3 Å². The molecule has 0 unspecified atom stereocenters. The molecule has 0 aromatic rings. The summed E-state index contributed by atoms with van der Waals surface area (Å²) < 4.78 is 56.7. The summed E-state index contributed by atoms with van der Waals surface area (Å²) in [6, 6.07) is 0. The van der Waals surface area contributed by atoms with Crippen molar-refractivity contribution in [1.82, 2.24) is 0 Å². The van der Waals surface area contributed by atoms with Gasteiger partial charge in [-0.25, -0.2) is 9.00 Å². The molecule has 0 aliphatic carbocycles. The Morgan fingerprint density at radius 2 is 2.00 bits per heavy atom. The van der Waals surface area contributed by atoms with Gasteiger partial charge < -0.3 is 9.29 Å². The largest absolute Gasteiger partial charge is 0.462 e. The number of carbonyl (C=O) groups is 1. The minimum Gasteiger partial charge on any atom is -0.462 e. The van der Waals surface area contributed by atoms with E-state index in [0.717, 1.165) is 0 Å². The SMILES string of the molecule is C=C(C)C(=O)OCCC[SH](=O)(O)OS(=O)(=O)O. The van der Waals surface area contributed by atoms with E-state index in [1.54, 1.807) is 0 Å². The first-order valence-corrected chi connectivity index (χ1v) is 7.49. The van der Waals surface area contributed by atoms with E-state index in [4.69, 9.17) is 9.11 Å². The van der Waals surface area contributed by atoms with Gasteiger partial charge in [0.1, 0.15) is 0 Å². The number of thiol groups is 1. The normalized spacial score (nSPS) is 13.1. The van der Waals surface area contributed by atoms with Gasteiger partial charge >= 0.3 is 16.4 Å². The van der Waals surface area contributed by atoms with Crippen LogP contribution in [-0.4, -0.2) is 40.1 Å². The first-order chi connectivity index (χ1) is 7.53. The van der Waals surface area contributed by atoms with E-state index >= 15 is 0 Å². The highest BCUT2D eigenvalue weighted by molar-refractivity contribution is 8.01. The van der Waals surface area contributed by atoms with Crippen molar-refractivity contribution in [2.45, 2.75) is 13.3 Å². The fourth-order valence-corrected chi connectivity index (χ4v) is 2.74. The molecule has 0 saturated heterocycles. The number of esters is 1. The lowest BCUT2D eigenvalue weighted by Gasteiger charge is -2.14. The van der Waals surface area contributed by atoms with Crippen LogP contribution in [0.2, 0.25) is 0 Å². The predicted molar refractivity (Wildman–Crippen MR) is 60.1 cm³/mol. The highest BCUT2D eigenvalue weighted by Gasteiger charge is 2.19. The van der Waals surface area contributed by atoms with E-state index in [-0.39, 0.29) is 18.6 Å². The van der Waals surface area contributed by atoms with Crippen LogP contribution in [0.15, 0.2) is 12.2 Å². The van der Waals surface area contributed by atoms with Gasteiger partial charge in [0.25, 0.3) is 0 Å². The van der Waals surface area contributed by atoms with E-state index in [2.05, 4.69) is 14.9 Å². The fraction of sp³-hybridized carbons (Fsp3) is 0.571. The molecule has 0 aromatic heterocycles. The van der Waals surface area contributed by atoms with Gasteiger partial charge in [-0.3, -0.25) is 4.55 Å². The van der Waals surface area contributed by atoms with Crippen molar-refractivity contribution in [2.75, 3.05) is 12.4 Å². The minimum absolute atomic E-state index is 0.0949. The Labute approximate surface area is 100 Å². The lowest BCUT2D eigenvalue weighted by molar-refractivity contribution is -0.138.